The molecule has 194 valence electrons. The van der Waals surface area contributed by atoms with Crippen LogP contribution in [-0.2, 0) is 9.31 Å². The van der Waals surface area contributed by atoms with Gasteiger partial charge >= 0.3 is 7.12 Å². The molecule has 0 bridgehead atoms. The maximum absolute atomic E-state index is 8.72. The highest BCUT2D eigenvalue weighted by Gasteiger charge is 2.51. The van der Waals surface area contributed by atoms with E-state index in [1.165, 1.54) is 6.20 Å². The number of rotatable bonds is 5. The lowest BCUT2D eigenvalue weighted by molar-refractivity contribution is 0.00578. The first-order valence-electron chi connectivity index (χ1n) is 11.4. The number of aromatic nitrogens is 3. The Morgan fingerprint density at radius 3 is 1.67 bits per heavy atom. The number of ether oxygens (including phenoxy) is 2. The Labute approximate surface area is 230 Å². The van der Waals surface area contributed by atoms with Gasteiger partial charge in [0.25, 0.3) is 0 Å². The van der Waals surface area contributed by atoms with E-state index >= 15 is 0 Å². The van der Waals surface area contributed by atoms with Crippen molar-refractivity contribution in [3.05, 3.63) is 64.3 Å². The fraction of sp³-hybridized carbons (Fsp3) is 0.400. The van der Waals surface area contributed by atoms with Crippen LogP contribution in [0.15, 0.2) is 64.3 Å². The molecule has 0 aliphatic carbocycles. The third kappa shape index (κ3) is 9.35. The highest BCUT2D eigenvalue weighted by atomic mass is 79.9. The number of pyridine rings is 3. The quantitative estimate of drug-likeness (QED) is 0.368. The van der Waals surface area contributed by atoms with E-state index in [1.54, 1.807) is 37.1 Å². The number of nitrogens with zero attached hydrogens (tertiary/aromatic N) is 3. The smallest absolute Gasteiger partial charge is 0.496 e. The zero-order chi connectivity index (χ0) is 26.8. The zero-order valence-electron chi connectivity index (χ0n) is 21.4. The highest BCUT2D eigenvalue weighted by Crippen LogP contribution is 2.36. The van der Waals surface area contributed by atoms with Crippen LogP contribution < -0.4 is 14.9 Å². The largest absolute Gasteiger partial charge is 0.506 e. The molecule has 0 atom stereocenters. The molecule has 4 heterocycles. The summed E-state index contributed by atoms with van der Waals surface area (Å²) in [6.07, 6.45) is 9.85. The van der Waals surface area contributed by atoms with E-state index in [4.69, 9.17) is 23.9 Å². The molecular formula is C25H32BBr2N3O5. The van der Waals surface area contributed by atoms with Crippen molar-refractivity contribution in [2.45, 2.75) is 52.7 Å². The summed E-state index contributed by atoms with van der Waals surface area (Å²) >= 11 is 6.43. The van der Waals surface area contributed by atoms with E-state index in [9.17, 15) is 0 Å². The van der Waals surface area contributed by atoms with Crippen molar-refractivity contribution in [2.24, 2.45) is 0 Å². The molecule has 8 nitrogen and oxygen atoms in total. The Morgan fingerprint density at radius 1 is 0.750 bits per heavy atom. The van der Waals surface area contributed by atoms with Crippen molar-refractivity contribution in [3.63, 3.8) is 0 Å². The lowest BCUT2D eigenvalue weighted by atomic mass is 9.80. The second-order valence-corrected chi connectivity index (χ2v) is 10.4. The average molecular weight is 625 g/mol. The highest BCUT2D eigenvalue weighted by molar-refractivity contribution is 9.10. The van der Waals surface area contributed by atoms with E-state index in [0.717, 1.165) is 25.9 Å². The first kappa shape index (κ1) is 30.0. The molecule has 0 aromatic carbocycles. The minimum absolute atomic E-state index is 0.180. The maximum atomic E-state index is 8.72. The number of hydrogen-bond donors (Lipinski definition) is 1. The number of aromatic hydroxyl groups is 1. The molecule has 1 saturated heterocycles. The fourth-order valence-electron chi connectivity index (χ4n) is 2.83. The molecule has 1 aliphatic rings. The van der Waals surface area contributed by atoms with Crippen molar-refractivity contribution < 1.29 is 23.9 Å². The molecule has 0 spiro atoms. The molecule has 11 heteroatoms. The molecular weight excluding hydrogens is 593 g/mol. The first-order valence-corrected chi connectivity index (χ1v) is 13.0. The van der Waals surface area contributed by atoms with E-state index in [1.807, 2.05) is 53.7 Å². The number of hydrogen-bond acceptors (Lipinski definition) is 8. The molecule has 0 unspecified atom stereocenters. The van der Waals surface area contributed by atoms with Gasteiger partial charge in [-0.15, -0.1) is 0 Å². The topological polar surface area (TPSA) is 95.8 Å². The fourth-order valence-corrected chi connectivity index (χ4v) is 3.52. The Hall–Kier alpha value is -2.21. The van der Waals surface area contributed by atoms with E-state index < -0.39 is 0 Å². The van der Waals surface area contributed by atoms with Crippen molar-refractivity contribution in [3.8, 4) is 17.2 Å². The SMILES string of the molecule is CCOc1cncc(B2OC(C)(C)C(C)(C)O2)c1.CCOc1cncc(Br)c1.Oc1cncc(Br)c1. The predicted octanol–water partition coefficient (Wildman–Crippen LogP) is 5.57. The standard InChI is InChI=1S/C13H20BNO3.C7H8BrNO.C5H4BrNO/c1-6-16-11-7-10(8-15-9-11)14-17-12(2,3)13(4,5)18-14;1-2-10-7-3-6(8)4-9-5-7;6-4-1-5(8)3-7-2-4/h7-9H,6H2,1-5H3;3-5H,2H2,1H3;1-3,8H. The molecule has 4 rings (SSSR count). The van der Waals surface area contributed by atoms with Gasteiger partial charge in [0.05, 0.1) is 43.0 Å². The number of halogens is 2. The van der Waals surface area contributed by atoms with E-state index in [2.05, 4.69) is 46.8 Å². The summed E-state index contributed by atoms with van der Waals surface area (Å²) in [7, 11) is -0.386. The summed E-state index contributed by atoms with van der Waals surface area (Å²) in [5.41, 5.74) is 0.220. The van der Waals surface area contributed by atoms with Gasteiger partial charge in [0.1, 0.15) is 17.2 Å². The minimum atomic E-state index is -0.386. The normalized spacial score (nSPS) is 15.2. The monoisotopic (exact) mass is 623 g/mol. The molecule has 1 N–H and O–H groups in total. The summed E-state index contributed by atoms with van der Waals surface area (Å²) in [5, 5.41) is 8.72. The third-order valence-corrected chi connectivity index (χ3v) is 6.12. The van der Waals surface area contributed by atoms with Crippen molar-refractivity contribution in [1.82, 2.24) is 15.0 Å². The van der Waals surface area contributed by atoms with Crippen LogP contribution in [0.1, 0.15) is 41.5 Å². The van der Waals surface area contributed by atoms with Gasteiger partial charge < -0.3 is 23.9 Å². The van der Waals surface area contributed by atoms with Crippen LogP contribution >= 0.6 is 31.9 Å². The Kier molecular flexibility index (Phi) is 11.6. The second-order valence-electron chi connectivity index (χ2n) is 8.61. The molecule has 1 fully saturated rings. The van der Waals surface area contributed by atoms with Gasteiger partial charge in [0, 0.05) is 33.0 Å². The van der Waals surface area contributed by atoms with Gasteiger partial charge in [-0.1, -0.05) is 0 Å². The maximum Gasteiger partial charge on any atom is 0.496 e. The minimum Gasteiger partial charge on any atom is -0.506 e. The summed E-state index contributed by atoms with van der Waals surface area (Å²) in [5.74, 6) is 1.72. The Bertz CT molecular complexity index is 1070. The van der Waals surface area contributed by atoms with Crippen molar-refractivity contribution in [2.75, 3.05) is 13.2 Å². The lowest BCUT2D eigenvalue weighted by Crippen LogP contribution is -2.41. The first-order chi connectivity index (χ1) is 17.0. The van der Waals surface area contributed by atoms with Crippen LogP contribution in [-0.4, -0.2) is 51.6 Å². The van der Waals surface area contributed by atoms with Crippen LogP contribution in [0.2, 0.25) is 0 Å². The predicted molar refractivity (Wildman–Crippen MR) is 148 cm³/mol. The van der Waals surface area contributed by atoms with E-state index in [-0.39, 0.29) is 24.1 Å². The molecule has 3 aromatic heterocycles. The van der Waals surface area contributed by atoms with Crippen LogP contribution in [0.3, 0.4) is 0 Å². The van der Waals surface area contributed by atoms with Gasteiger partial charge in [-0.3, -0.25) is 15.0 Å². The molecule has 36 heavy (non-hydrogen) atoms. The van der Waals surface area contributed by atoms with Gasteiger partial charge in [-0.25, -0.2) is 0 Å². The van der Waals surface area contributed by atoms with Gasteiger partial charge in [-0.05, 0) is 91.6 Å². The van der Waals surface area contributed by atoms with Crippen LogP contribution in [0.25, 0.3) is 0 Å². The van der Waals surface area contributed by atoms with Gasteiger partial charge in [-0.2, -0.15) is 0 Å². The molecule has 0 saturated carbocycles. The lowest BCUT2D eigenvalue weighted by Gasteiger charge is -2.32. The summed E-state index contributed by atoms with van der Waals surface area (Å²) in [6.45, 7) is 13.3. The zero-order valence-corrected chi connectivity index (χ0v) is 24.5. The van der Waals surface area contributed by atoms with Crippen LogP contribution in [0.5, 0.6) is 17.2 Å². The summed E-state index contributed by atoms with van der Waals surface area (Å²) in [4.78, 5) is 11.8. The Morgan fingerprint density at radius 2 is 1.22 bits per heavy atom. The molecule has 1 aliphatic heterocycles. The average Bonchev–Trinajstić information content (AvgIpc) is 3.02. The van der Waals surface area contributed by atoms with Crippen molar-refractivity contribution >= 4 is 44.4 Å². The van der Waals surface area contributed by atoms with Crippen LogP contribution in [0.4, 0.5) is 0 Å². The Balaban J connectivity index is 0.000000213. The van der Waals surface area contributed by atoms with E-state index in [0.29, 0.717) is 13.2 Å². The summed E-state index contributed by atoms with van der Waals surface area (Å²) < 4.78 is 24.3. The molecule has 0 amide bonds. The van der Waals surface area contributed by atoms with Crippen LogP contribution in [0, 0.1) is 0 Å². The third-order valence-electron chi connectivity index (χ3n) is 5.25. The van der Waals surface area contributed by atoms with Crippen molar-refractivity contribution in [1.29, 1.82) is 0 Å². The molecule has 0 radical (unpaired) electrons. The van der Waals surface area contributed by atoms with Gasteiger partial charge in [0.2, 0.25) is 0 Å². The van der Waals surface area contributed by atoms with Gasteiger partial charge in [0.15, 0.2) is 0 Å². The summed E-state index contributed by atoms with van der Waals surface area (Å²) in [6, 6.07) is 5.38. The second kappa shape index (κ2) is 13.9. The molecule has 3 aromatic rings.